The minimum atomic E-state index is 0.418. The van der Waals surface area contributed by atoms with Gasteiger partial charge in [-0.15, -0.1) is 0 Å². The molecule has 0 amide bonds. The number of phenolic OH excluding ortho intramolecular Hbond substituents is 1. The summed E-state index contributed by atoms with van der Waals surface area (Å²) < 4.78 is 0. The second-order valence-corrected chi connectivity index (χ2v) is 3.36. The summed E-state index contributed by atoms with van der Waals surface area (Å²) in [6, 6.07) is 7.49. The molecule has 0 aliphatic heterocycles. The molecule has 0 bridgehead atoms. The second-order valence-electron chi connectivity index (χ2n) is 2.37. The van der Waals surface area contributed by atoms with E-state index in [0.717, 1.165) is 17.7 Å². The smallest absolute Gasteiger partial charge is 0.118 e. The number of para-hydroxylation sites is 1. The van der Waals surface area contributed by atoms with Crippen LogP contribution in [0.5, 0.6) is 5.75 Å². The number of benzene rings is 1. The summed E-state index contributed by atoms with van der Waals surface area (Å²) in [4.78, 5) is 0. The van der Waals surface area contributed by atoms with Gasteiger partial charge in [0.15, 0.2) is 0 Å². The first-order chi connectivity index (χ1) is 5.34. The van der Waals surface area contributed by atoms with E-state index >= 15 is 0 Å². The van der Waals surface area contributed by atoms with Crippen molar-refractivity contribution in [3.8, 4) is 5.75 Å². The van der Waals surface area contributed by atoms with Gasteiger partial charge >= 0.3 is 0 Å². The van der Waals surface area contributed by atoms with Crippen molar-refractivity contribution < 1.29 is 5.11 Å². The molecule has 1 N–H and O–H groups in total. The lowest BCUT2D eigenvalue weighted by Gasteiger charge is -2.01. The molecule has 1 nitrogen and oxygen atoms in total. The number of aryl methyl sites for hydroxylation is 1. The summed E-state index contributed by atoms with van der Waals surface area (Å²) in [6.45, 7) is 0. The third-order valence-corrected chi connectivity index (χ3v) is 2.18. The van der Waals surface area contributed by atoms with Crippen molar-refractivity contribution in [2.24, 2.45) is 0 Å². The van der Waals surface area contributed by atoms with E-state index in [1.165, 1.54) is 0 Å². The molecular weight excluding hydrogens is 156 g/mol. The molecule has 0 radical (unpaired) electrons. The zero-order chi connectivity index (χ0) is 8.10. The Kier molecular flexibility index (Phi) is 3.30. The number of aromatic hydroxyl groups is 1. The summed E-state index contributed by atoms with van der Waals surface area (Å²) in [6.07, 6.45) is 3.02. The van der Waals surface area contributed by atoms with Crippen LogP contribution >= 0.6 is 11.8 Å². The molecule has 11 heavy (non-hydrogen) atoms. The third kappa shape index (κ3) is 2.46. The van der Waals surface area contributed by atoms with Gasteiger partial charge in [0, 0.05) is 0 Å². The Bertz CT molecular complexity index is 223. The summed E-state index contributed by atoms with van der Waals surface area (Å²) >= 11 is 1.79. The second kappa shape index (κ2) is 4.29. The van der Waals surface area contributed by atoms with Crippen LogP contribution in [-0.2, 0) is 6.42 Å². The molecule has 1 rings (SSSR count). The van der Waals surface area contributed by atoms with Gasteiger partial charge in [-0.3, -0.25) is 0 Å². The average molecular weight is 168 g/mol. The predicted molar refractivity (Wildman–Crippen MR) is 50.2 cm³/mol. The molecule has 0 aromatic heterocycles. The summed E-state index contributed by atoms with van der Waals surface area (Å²) in [5.74, 6) is 1.49. The third-order valence-electron chi connectivity index (χ3n) is 1.57. The topological polar surface area (TPSA) is 20.2 Å². The average Bonchev–Trinajstić information content (AvgIpc) is 2.03. The lowest BCUT2D eigenvalue weighted by molar-refractivity contribution is 0.469. The van der Waals surface area contributed by atoms with Crippen molar-refractivity contribution in [2.75, 3.05) is 12.0 Å². The van der Waals surface area contributed by atoms with Crippen LogP contribution in [0, 0.1) is 0 Å². The fourth-order valence-corrected chi connectivity index (χ4v) is 1.36. The Morgan fingerprint density at radius 1 is 1.36 bits per heavy atom. The maximum absolute atomic E-state index is 9.33. The molecule has 0 unspecified atom stereocenters. The monoisotopic (exact) mass is 168 g/mol. The van der Waals surface area contributed by atoms with E-state index in [-0.39, 0.29) is 0 Å². The fraction of sp³-hybridized carbons (Fsp3) is 0.333. The van der Waals surface area contributed by atoms with Gasteiger partial charge in [0.1, 0.15) is 5.75 Å². The molecule has 0 fully saturated rings. The van der Waals surface area contributed by atoms with E-state index in [1.807, 2.05) is 18.2 Å². The van der Waals surface area contributed by atoms with E-state index in [1.54, 1.807) is 17.8 Å². The van der Waals surface area contributed by atoms with Gasteiger partial charge in [-0.2, -0.15) is 11.8 Å². The molecule has 0 atom stereocenters. The Balaban J connectivity index is 2.62. The molecular formula is C9H12OS. The zero-order valence-electron chi connectivity index (χ0n) is 6.58. The lowest BCUT2D eigenvalue weighted by atomic mass is 10.1. The predicted octanol–water partition coefficient (Wildman–Crippen LogP) is 2.30. The molecule has 0 saturated carbocycles. The Morgan fingerprint density at radius 2 is 2.09 bits per heavy atom. The molecule has 0 spiro atoms. The van der Waals surface area contributed by atoms with Crippen molar-refractivity contribution in [1.82, 2.24) is 0 Å². The number of thioether (sulfide) groups is 1. The molecule has 1 aromatic rings. The molecule has 0 aliphatic rings. The van der Waals surface area contributed by atoms with Crippen LogP contribution < -0.4 is 0 Å². The highest BCUT2D eigenvalue weighted by Crippen LogP contribution is 2.16. The van der Waals surface area contributed by atoms with Gasteiger partial charge in [0.05, 0.1) is 0 Å². The number of phenols is 1. The molecule has 0 heterocycles. The highest BCUT2D eigenvalue weighted by Gasteiger charge is 1.96. The van der Waals surface area contributed by atoms with Crippen molar-refractivity contribution in [3.63, 3.8) is 0 Å². The normalized spacial score (nSPS) is 9.91. The number of rotatable bonds is 3. The SMILES string of the molecule is CSCCc1ccccc1O. The van der Waals surface area contributed by atoms with Gasteiger partial charge in [-0.05, 0) is 30.1 Å². The number of hydrogen-bond acceptors (Lipinski definition) is 2. The maximum Gasteiger partial charge on any atom is 0.118 e. The Labute approximate surface area is 71.4 Å². The highest BCUT2D eigenvalue weighted by atomic mass is 32.2. The molecule has 1 aromatic carbocycles. The van der Waals surface area contributed by atoms with Gasteiger partial charge in [-0.1, -0.05) is 18.2 Å². The minimum Gasteiger partial charge on any atom is -0.508 e. The summed E-state index contributed by atoms with van der Waals surface area (Å²) in [5, 5.41) is 9.33. The molecule has 0 saturated heterocycles. The first kappa shape index (κ1) is 8.47. The van der Waals surface area contributed by atoms with E-state index in [9.17, 15) is 5.11 Å². The van der Waals surface area contributed by atoms with E-state index in [0.29, 0.717) is 5.75 Å². The molecule has 0 aliphatic carbocycles. The van der Waals surface area contributed by atoms with Crippen molar-refractivity contribution >= 4 is 11.8 Å². The van der Waals surface area contributed by atoms with Crippen molar-refractivity contribution in [1.29, 1.82) is 0 Å². The lowest BCUT2D eigenvalue weighted by Crippen LogP contribution is -1.87. The quantitative estimate of drug-likeness (QED) is 0.747. The number of hydrogen-bond donors (Lipinski definition) is 1. The van der Waals surface area contributed by atoms with Gasteiger partial charge in [0.2, 0.25) is 0 Å². The van der Waals surface area contributed by atoms with Crippen molar-refractivity contribution in [3.05, 3.63) is 29.8 Å². The largest absolute Gasteiger partial charge is 0.508 e. The summed E-state index contributed by atoms with van der Waals surface area (Å²) in [7, 11) is 0. The molecule has 60 valence electrons. The van der Waals surface area contributed by atoms with Crippen LogP contribution in [0.15, 0.2) is 24.3 Å². The van der Waals surface area contributed by atoms with Crippen LogP contribution in [0.25, 0.3) is 0 Å². The van der Waals surface area contributed by atoms with E-state index in [2.05, 4.69) is 6.26 Å². The van der Waals surface area contributed by atoms with Gasteiger partial charge < -0.3 is 5.11 Å². The zero-order valence-corrected chi connectivity index (χ0v) is 7.40. The van der Waals surface area contributed by atoms with Gasteiger partial charge in [0.25, 0.3) is 0 Å². The van der Waals surface area contributed by atoms with Crippen LogP contribution in [0.3, 0.4) is 0 Å². The first-order valence-corrected chi connectivity index (χ1v) is 5.00. The Hall–Kier alpha value is -0.630. The van der Waals surface area contributed by atoms with Crippen LogP contribution in [0.4, 0.5) is 0 Å². The first-order valence-electron chi connectivity index (χ1n) is 3.60. The Morgan fingerprint density at radius 3 is 2.73 bits per heavy atom. The highest BCUT2D eigenvalue weighted by molar-refractivity contribution is 7.98. The fourth-order valence-electron chi connectivity index (χ4n) is 0.934. The van der Waals surface area contributed by atoms with E-state index < -0.39 is 0 Å². The summed E-state index contributed by atoms with van der Waals surface area (Å²) in [5.41, 5.74) is 1.04. The minimum absolute atomic E-state index is 0.418. The standard InChI is InChI=1S/C9H12OS/c1-11-7-6-8-4-2-3-5-9(8)10/h2-5,10H,6-7H2,1H3. The van der Waals surface area contributed by atoms with Gasteiger partial charge in [-0.25, -0.2) is 0 Å². The van der Waals surface area contributed by atoms with Crippen LogP contribution in [-0.4, -0.2) is 17.1 Å². The molecule has 2 heteroatoms. The van der Waals surface area contributed by atoms with Crippen LogP contribution in [0.1, 0.15) is 5.56 Å². The maximum atomic E-state index is 9.33. The van der Waals surface area contributed by atoms with Crippen LogP contribution in [0.2, 0.25) is 0 Å². The van der Waals surface area contributed by atoms with E-state index in [4.69, 9.17) is 0 Å². The van der Waals surface area contributed by atoms with Crippen molar-refractivity contribution in [2.45, 2.75) is 6.42 Å².